The Hall–Kier alpha value is -2.08. The summed E-state index contributed by atoms with van der Waals surface area (Å²) in [4.78, 5) is 14.3. The van der Waals surface area contributed by atoms with Crippen molar-refractivity contribution in [3.05, 3.63) is 34.4 Å². The average molecular weight is 331 g/mol. The number of aromatic nitrogens is 1. The third-order valence-corrected chi connectivity index (χ3v) is 5.18. The number of likely N-dealkylation sites (N-methyl/N-ethyl adjacent to an activating group) is 1. The number of hydrogen-bond donors (Lipinski definition) is 1. The molecule has 24 heavy (non-hydrogen) atoms. The molecule has 0 saturated carbocycles. The summed E-state index contributed by atoms with van der Waals surface area (Å²) in [5.41, 5.74) is 1.04. The lowest BCUT2D eigenvalue weighted by molar-refractivity contribution is 0.246. The van der Waals surface area contributed by atoms with E-state index in [9.17, 15) is 9.18 Å². The second-order valence-electron chi connectivity index (χ2n) is 6.75. The molecule has 0 spiro atoms. The van der Waals surface area contributed by atoms with Crippen molar-refractivity contribution in [2.24, 2.45) is 0 Å². The minimum Gasteiger partial charge on any atom is -0.487 e. The van der Waals surface area contributed by atoms with E-state index in [1.807, 2.05) is 23.4 Å². The highest BCUT2D eigenvalue weighted by Crippen LogP contribution is 2.42. The van der Waals surface area contributed by atoms with Gasteiger partial charge in [0.05, 0.1) is 16.9 Å². The SMILES string of the molecule is CNC1CCCN(c2c(F)cc3c(=O)ccn4c3c2OCC4C)C1. The molecule has 3 heterocycles. The number of hydrogen-bond acceptors (Lipinski definition) is 4. The number of pyridine rings is 1. The molecule has 0 radical (unpaired) electrons. The van der Waals surface area contributed by atoms with Crippen molar-refractivity contribution in [2.75, 3.05) is 31.6 Å². The summed E-state index contributed by atoms with van der Waals surface area (Å²) in [6.45, 7) is 4.05. The van der Waals surface area contributed by atoms with Gasteiger partial charge in [-0.2, -0.15) is 0 Å². The van der Waals surface area contributed by atoms with Gasteiger partial charge in [-0.1, -0.05) is 0 Å². The lowest BCUT2D eigenvalue weighted by atomic mass is 10.0. The van der Waals surface area contributed by atoms with Crippen LogP contribution in [0.1, 0.15) is 25.8 Å². The molecule has 1 aromatic heterocycles. The molecule has 6 heteroatoms. The van der Waals surface area contributed by atoms with Gasteiger partial charge in [0.1, 0.15) is 12.3 Å². The van der Waals surface area contributed by atoms with Crippen LogP contribution in [0.15, 0.2) is 23.1 Å². The topological polar surface area (TPSA) is 46.5 Å². The van der Waals surface area contributed by atoms with E-state index >= 15 is 0 Å². The standard InChI is InChI=1S/C18H22FN3O2/c1-11-10-24-18-16-13(15(23)5-7-22(11)16)8-14(19)17(18)21-6-3-4-12(9-21)20-2/h5,7-8,11-12,20H,3-4,6,9-10H2,1-2H3. The molecule has 1 aromatic carbocycles. The monoisotopic (exact) mass is 331 g/mol. The number of piperidine rings is 1. The van der Waals surface area contributed by atoms with E-state index in [0.29, 0.717) is 35.0 Å². The van der Waals surface area contributed by atoms with Gasteiger partial charge in [-0.15, -0.1) is 0 Å². The second kappa shape index (κ2) is 5.77. The highest BCUT2D eigenvalue weighted by Gasteiger charge is 2.30. The molecule has 2 aliphatic rings. The fourth-order valence-electron chi connectivity index (χ4n) is 3.86. The normalized spacial score (nSPS) is 23.4. The van der Waals surface area contributed by atoms with Gasteiger partial charge in [0.25, 0.3) is 0 Å². The van der Waals surface area contributed by atoms with Gasteiger partial charge in [-0.3, -0.25) is 4.79 Å². The van der Waals surface area contributed by atoms with Crippen LogP contribution in [-0.4, -0.2) is 37.4 Å². The molecule has 5 nitrogen and oxygen atoms in total. The zero-order chi connectivity index (χ0) is 16.8. The molecule has 0 amide bonds. The van der Waals surface area contributed by atoms with Crippen LogP contribution in [0, 0.1) is 5.82 Å². The van der Waals surface area contributed by atoms with E-state index in [2.05, 4.69) is 5.32 Å². The first-order valence-electron chi connectivity index (χ1n) is 8.52. The average Bonchev–Trinajstić information content (AvgIpc) is 2.59. The Kier molecular flexibility index (Phi) is 3.72. The fourth-order valence-corrected chi connectivity index (χ4v) is 3.86. The molecule has 0 bridgehead atoms. The van der Waals surface area contributed by atoms with Crippen LogP contribution < -0.4 is 20.4 Å². The Bertz CT molecular complexity index is 848. The van der Waals surface area contributed by atoms with Crippen molar-refractivity contribution in [3.8, 4) is 5.75 Å². The number of rotatable bonds is 2. The van der Waals surface area contributed by atoms with E-state index in [0.717, 1.165) is 25.9 Å². The third-order valence-electron chi connectivity index (χ3n) is 5.18. The van der Waals surface area contributed by atoms with Gasteiger partial charge >= 0.3 is 0 Å². The van der Waals surface area contributed by atoms with E-state index in [1.54, 1.807) is 6.20 Å². The molecule has 1 fully saturated rings. The molecule has 128 valence electrons. The Morgan fingerprint density at radius 1 is 1.42 bits per heavy atom. The zero-order valence-electron chi connectivity index (χ0n) is 14.0. The molecular formula is C18H22FN3O2. The van der Waals surface area contributed by atoms with Crippen molar-refractivity contribution < 1.29 is 9.13 Å². The number of anilines is 1. The van der Waals surface area contributed by atoms with Gasteiger partial charge in [-0.25, -0.2) is 4.39 Å². The third kappa shape index (κ3) is 2.28. The van der Waals surface area contributed by atoms with Gasteiger partial charge in [0.15, 0.2) is 17.0 Å². The molecule has 2 aliphatic heterocycles. The van der Waals surface area contributed by atoms with Crippen LogP contribution in [0.5, 0.6) is 5.75 Å². The molecule has 0 aliphatic carbocycles. The minimum atomic E-state index is -0.376. The van der Waals surface area contributed by atoms with E-state index in [1.165, 1.54) is 12.1 Å². The highest BCUT2D eigenvalue weighted by atomic mass is 19.1. The molecule has 4 rings (SSSR count). The molecule has 1 saturated heterocycles. The number of nitrogens with one attached hydrogen (secondary N) is 1. The van der Waals surface area contributed by atoms with Crippen molar-refractivity contribution in [1.82, 2.24) is 9.88 Å². The number of benzene rings is 1. The van der Waals surface area contributed by atoms with Gasteiger partial charge in [0, 0.05) is 31.4 Å². The predicted molar refractivity (Wildman–Crippen MR) is 92.7 cm³/mol. The first-order chi connectivity index (χ1) is 11.6. The number of nitrogens with zero attached hydrogens (tertiary/aromatic N) is 2. The molecular weight excluding hydrogens is 309 g/mol. The summed E-state index contributed by atoms with van der Waals surface area (Å²) in [7, 11) is 1.94. The van der Waals surface area contributed by atoms with E-state index < -0.39 is 0 Å². The van der Waals surface area contributed by atoms with Crippen molar-refractivity contribution in [1.29, 1.82) is 0 Å². The van der Waals surface area contributed by atoms with Gasteiger partial charge in [0.2, 0.25) is 0 Å². The molecule has 2 aromatic rings. The summed E-state index contributed by atoms with van der Waals surface area (Å²) >= 11 is 0. The maximum Gasteiger partial charge on any atom is 0.189 e. The van der Waals surface area contributed by atoms with Crippen molar-refractivity contribution in [3.63, 3.8) is 0 Å². The number of ether oxygens (including phenoxy) is 1. The van der Waals surface area contributed by atoms with Crippen molar-refractivity contribution in [2.45, 2.75) is 31.8 Å². The van der Waals surface area contributed by atoms with Crippen LogP contribution in [0.2, 0.25) is 0 Å². The lowest BCUT2D eigenvalue weighted by Gasteiger charge is -2.37. The maximum atomic E-state index is 14.9. The summed E-state index contributed by atoms with van der Waals surface area (Å²) in [6.07, 6.45) is 3.87. The highest BCUT2D eigenvalue weighted by molar-refractivity contribution is 5.92. The molecule has 2 unspecified atom stereocenters. The largest absolute Gasteiger partial charge is 0.487 e. The molecule has 1 N–H and O–H groups in total. The first kappa shape index (κ1) is 15.4. The summed E-state index contributed by atoms with van der Waals surface area (Å²) in [6, 6.07) is 3.33. The van der Waals surface area contributed by atoms with Crippen LogP contribution >= 0.6 is 0 Å². The summed E-state index contributed by atoms with van der Waals surface area (Å²) in [5.74, 6) is 0.135. The van der Waals surface area contributed by atoms with E-state index in [4.69, 9.17) is 4.74 Å². The number of halogens is 1. The van der Waals surface area contributed by atoms with E-state index in [-0.39, 0.29) is 17.3 Å². The Labute approximate surface area is 140 Å². The quantitative estimate of drug-likeness (QED) is 0.917. The Balaban J connectivity index is 1.94. The maximum absolute atomic E-state index is 14.9. The summed E-state index contributed by atoms with van der Waals surface area (Å²) in [5, 5.41) is 3.67. The van der Waals surface area contributed by atoms with Gasteiger partial charge in [-0.05, 0) is 32.9 Å². The Morgan fingerprint density at radius 3 is 3.04 bits per heavy atom. The van der Waals surface area contributed by atoms with Crippen molar-refractivity contribution >= 4 is 16.6 Å². The lowest BCUT2D eigenvalue weighted by Crippen LogP contribution is -2.45. The van der Waals surface area contributed by atoms with Crippen LogP contribution in [0.25, 0.3) is 10.9 Å². The van der Waals surface area contributed by atoms with Gasteiger partial charge < -0.3 is 19.5 Å². The summed E-state index contributed by atoms with van der Waals surface area (Å²) < 4.78 is 22.9. The fraction of sp³-hybridized carbons (Fsp3) is 0.500. The van der Waals surface area contributed by atoms with Crippen LogP contribution in [-0.2, 0) is 0 Å². The minimum absolute atomic E-state index is 0.116. The zero-order valence-corrected chi connectivity index (χ0v) is 14.0. The van der Waals surface area contributed by atoms with Crippen LogP contribution in [0.3, 0.4) is 0 Å². The first-order valence-corrected chi connectivity index (χ1v) is 8.52. The Morgan fingerprint density at radius 2 is 2.25 bits per heavy atom. The molecule has 2 atom stereocenters. The van der Waals surface area contributed by atoms with Crippen LogP contribution in [0.4, 0.5) is 10.1 Å². The smallest absolute Gasteiger partial charge is 0.189 e. The predicted octanol–water partition coefficient (Wildman–Crippen LogP) is 2.28. The second-order valence-corrected chi connectivity index (χ2v) is 6.75.